The average Bonchev–Trinajstić information content (AvgIpc) is 3.35. The number of carbonyl (C=O) groups is 1. The van der Waals surface area contributed by atoms with E-state index in [9.17, 15) is 4.79 Å². The Morgan fingerprint density at radius 1 is 1.19 bits per heavy atom. The Kier molecular flexibility index (Phi) is 7.13. The monoisotopic (exact) mass is 370 g/mol. The van der Waals surface area contributed by atoms with Crippen molar-refractivity contribution < 1.29 is 4.79 Å². The molecule has 148 valence electrons. The van der Waals surface area contributed by atoms with Crippen LogP contribution < -0.4 is 10.6 Å². The summed E-state index contributed by atoms with van der Waals surface area (Å²) in [6, 6.07) is 8.95. The Labute approximate surface area is 163 Å². The summed E-state index contributed by atoms with van der Waals surface area (Å²) in [6.07, 6.45) is 6.52. The first-order valence-electron chi connectivity index (χ1n) is 10.5. The van der Waals surface area contributed by atoms with Gasteiger partial charge in [-0.05, 0) is 45.1 Å². The van der Waals surface area contributed by atoms with Crippen LogP contribution in [0.4, 0.5) is 0 Å². The first kappa shape index (κ1) is 19.7. The van der Waals surface area contributed by atoms with Crippen molar-refractivity contribution in [3.63, 3.8) is 0 Å². The van der Waals surface area contributed by atoms with Gasteiger partial charge < -0.3 is 15.5 Å². The number of aryl methyl sites for hydroxylation is 1. The fourth-order valence-electron chi connectivity index (χ4n) is 4.07. The molecule has 2 N–H and O–H groups in total. The van der Waals surface area contributed by atoms with E-state index in [1.54, 1.807) is 0 Å². The summed E-state index contributed by atoms with van der Waals surface area (Å²) in [6.45, 7) is 7.47. The van der Waals surface area contributed by atoms with Gasteiger partial charge in [-0.1, -0.05) is 42.7 Å². The molecule has 1 heterocycles. The third kappa shape index (κ3) is 5.72. The summed E-state index contributed by atoms with van der Waals surface area (Å²) in [7, 11) is 0. The first-order valence-corrected chi connectivity index (χ1v) is 10.5. The molecule has 0 bridgehead atoms. The van der Waals surface area contributed by atoms with Crippen LogP contribution in [0.15, 0.2) is 29.3 Å². The maximum absolute atomic E-state index is 12.6. The van der Waals surface area contributed by atoms with E-state index in [1.807, 2.05) is 0 Å². The fraction of sp³-hybridized carbons (Fsp3) is 0.636. The van der Waals surface area contributed by atoms with Crippen LogP contribution in [0.3, 0.4) is 0 Å². The van der Waals surface area contributed by atoms with E-state index in [2.05, 4.69) is 53.6 Å². The number of nitrogens with one attached hydrogen (secondary N) is 2. The smallest absolute Gasteiger partial charge is 0.225 e. The van der Waals surface area contributed by atoms with E-state index in [4.69, 9.17) is 4.99 Å². The van der Waals surface area contributed by atoms with Crippen molar-refractivity contribution in [3.8, 4) is 0 Å². The molecular weight excluding hydrogens is 336 g/mol. The first-order chi connectivity index (χ1) is 13.2. The molecule has 1 aromatic rings. The zero-order valence-electron chi connectivity index (χ0n) is 16.8. The number of hydrogen-bond donors (Lipinski definition) is 2. The molecule has 2 aliphatic rings. The molecule has 0 radical (unpaired) electrons. The molecule has 2 fully saturated rings. The van der Waals surface area contributed by atoms with Gasteiger partial charge in [-0.15, -0.1) is 0 Å². The molecular formula is C22H34N4O. The van der Waals surface area contributed by atoms with E-state index in [0.29, 0.717) is 11.9 Å². The number of carbonyl (C=O) groups excluding carboxylic acids is 1. The van der Waals surface area contributed by atoms with Gasteiger partial charge in [0.15, 0.2) is 5.96 Å². The maximum atomic E-state index is 12.6. The molecule has 0 aromatic heterocycles. The van der Waals surface area contributed by atoms with Gasteiger partial charge in [0.25, 0.3) is 0 Å². The lowest BCUT2D eigenvalue weighted by Crippen LogP contribution is -2.45. The zero-order valence-corrected chi connectivity index (χ0v) is 16.8. The SMILES string of the molecule is CCNC(=NCCc1ccc(C)cc1)NC1CCN(C(=O)C2CCCC2)C1. The lowest BCUT2D eigenvalue weighted by atomic mass is 10.1. The van der Waals surface area contributed by atoms with Gasteiger partial charge in [-0.2, -0.15) is 0 Å². The highest BCUT2D eigenvalue weighted by molar-refractivity contribution is 5.81. The minimum Gasteiger partial charge on any atom is -0.357 e. The van der Waals surface area contributed by atoms with Crippen molar-refractivity contribution in [1.29, 1.82) is 0 Å². The average molecular weight is 371 g/mol. The number of likely N-dealkylation sites (tertiary alicyclic amines) is 1. The molecule has 1 aliphatic heterocycles. The number of benzene rings is 1. The van der Waals surface area contributed by atoms with Gasteiger partial charge in [0, 0.05) is 38.1 Å². The molecule has 0 spiro atoms. The second-order valence-corrected chi connectivity index (χ2v) is 7.89. The maximum Gasteiger partial charge on any atom is 0.225 e. The van der Waals surface area contributed by atoms with Crippen molar-refractivity contribution in [2.75, 3.05) is 26.2 Å². The quantitative estimate of drug-likeness (QED) is 0.598. The van der Waals surface area contributed by atoms with Gasteiger partial charge in [-0.25, -0.2) is 0 Å². The molecule has 5 heteroatoms. The lowest BCUT2D eigenvalue weighted by Gasteiger charge is -2.21. The zero-order chi connectivity index (χ0) is 19.1. The van der Waals surface area contributed by atoms with Crippen molar-refractivity contribution in [1.82, 2.24) is 15.5 Å². The molecule has 1 atom stereocenters. The standard InChI is InChI=1S/C22H34N4O/c1-3-23-22(24-14-12-18-10-8-17(2)9-11-18)25-20-13-15-26(16-20)21(27)19-6-4-5-7-19/h8-11,19-20H,3-7,12-16H2,1-2H3,(H2,23,24,25). The van der Waals surface area contributed by atoms with E-state index in [1.165, 1.54) is 24.0 Å². The van der Waals surface area contributed by atoms with Crippen molar-refractivity contribution in [3.05, 3.63) is 35.4 Å². The normalized spacial score (nSPS) is 20.9. The Hall–Kier alpha value is -2.04. The Bertz CT molecular complexity index is 634. The summed E-state index contributed by atoms with van der Waals surface area (Å²) < 4.78 is 0. The second kappa shape index (κ2) is 9.77. The number of nitrogens with zero attached hydrogens (tertiary/aromatic N) is 2. The minimum absolute atomic E-state index is 0.278. The predicted octanol–water partition coefficient (Wildman–Crippen LogP) is 2.88. The van der Waals surface area contributed by atoms with Crippen LogP contribution in [-0.2, 0) is 11.2 Å². The summed E-state index contributed by atoms with van der Waals surface area (Å²) in [5, 5.41) is 6.87. The Morgan fingerprint density at radius 2 is 1.93 bits per heavy atom. The van der Waals surface area contributed by atoms with Gasteiger partial charge in [-0.3, -0.25) is 9.79 Å². The van der Waals surface area contributed by atoms with Gasteiger partial charge in [0.1, 0.15) is 0 Å². The van der Waals surface area contributed by atoms with Crippen molar-refractivity contribution >= 4 is 11.9 Å². The summed E-state index contributed by atoms with van der Waals surface area (Å²) in [5.41, 5.74) is 2.60. The highest BCUT2D eigenvalue weighted by Crippen LogP contribution is 2.27. The molecule has 1 amide bonds. The third-order valence-electron chi connectivity index (χ3n) is 5.68. The van der Waals surface area contributed by atoms with Crippen LogP contribution in [-0.4, -0.2) is 49.0 Å². The lowest BCUT2D eigenvalue weighted by molar-refractivity contribution is -0.134. The van der Waals surface area contributed by atoms with Crippen LogP contribution in [0.25, 0.3) is 0 Å². The van der Waals surface area contributed by atoms with Gasteiger partial charge in [0.2, 0.25) is 5.91 Å². The molecule has 1 saturated heterocycles. The van der Waals surface area contributed by atoms with Gasteiger partial charge in [0.05, 0.1) is 0 Å². The van der Waals surface area contributed by atoms with E-state index < -0.39 is 0 Å². The fourth-order valence-corrected chi connectivity index (χ4v) is 4.07. The number of aliphatic imine (C=N–C) groups is 1. The van der Waals surface area contributed by atoms with E-state index in [0.717, 1.165) is 57.8 Å². The molecule has 3 rings (SSSR count). The van der Waals surface area contributed by atoms with Crippen LogP contribution in [0, 0.1) is 12.8 Å². The van der Waals surface area contributed by atoms with Crippen LogP contribution in [0.5, 0.6) is 0 Å². The number of guanidine groups is 1. The van der Waals surface area contributed by atoms with E-state index >= 15 is 0 Å². The number of amides is 1. The molecule has 1 unspecified atom stereocenters. The second-order valence-electron chi connectivity index (χ2n) is 7.89. The summed E-state index contributed by atoms with van der Waals surface area (Å²) in [5.74, 6) is 1.52. The topological polar surface area (TPSA) is 56.7 Å². The minimum atomic E-state index is 0.278. The van der Waals surface area contributed by atoms with Gasteiger partial charge >= 0.3 is 0 Å². The highest BCUT2D eigenvalue weighted by atomic mass is 16.2. The number of rotatable bonds is 6. The molecule has 5 nitrogen and oxygen atoms in total. The van der Waals surface area contributed by atoms with Crippen LogP contribution >= 0.6 is 0 Å². The molecule has 1 saturated carbocycles. The van der Waals surface area contributed by atoms with Crippen molar-refractivity contribution in [2.45, 2.75) is 58.4 Å². The predicted molar refractivity (Wildman–Crippen MR) is 111 cm³/mol. The van der Waals surface area contributed by atoms with E-state index in [-0.39, 0.29) is 5.92 Å². The molecule has 1 aromatic carbocycles. The van der Waals surface area contributed by atoms with Crippen molar-refractivity contribution in [2.24, 2.45) is 10.9 Å². The van der Waals surface area contributed by atoms with Crippen LogP contribution in [0.1, 0.15) is 50.2 Å². The Morgan fingerprint density at radius 3 is 2.63 bits per heavy atom. The third-order valence-corrected chi connectivity index (χ3v) is 5.68. The molecule has 1 aliphatic carbocycles. The molecule has 27 heavy (non-hydrogen) atoms. The Balaban J connectivity index is 1.48. The largest absolute Gasteiger partial charge is 0.357 e. The summed E-state index contributed by atoms with van der Waals surface area (Å²) >= 11 is 0. The highest BCUT2D eigenvalue weighted by Gasteiger charge is 2.32. The van der Waals surface area contributed by atoms with Crippen LogP contribution in [0.2, 0.25) is 0 Å². The summed E-state index contributed by atoms with van der Waals surface area (Å²) in [4.78, 5) is 19.4. The number of hydrogen-bond acceptors (Lipinski definition) is 2.